The second kappa shape index (κ2) is 5.45. The monoisotopic (exact) mass is 308 g/mol. The molecular formula is C16H12N4O3. The lowest BCUT2D eigenvalue weighted by Gasteiger charge is -2.04. The number of carbonyl (C=O) groups excluding carboxylic acids is 1. The van der Waals surface area contributed by atoms with E-state index in [1.165, 1.54) is 0 Å². The first-order valence-electron chi connectivity index (χ1n) is 6.96. The van der Waals surface area contributed by atoms with E-state index < -0.39 is 0 Å². The fourth-order valence-corrected chi connectivity index (χ4v) is 2.28. The first-order chi connectivity index (χ1) is 11.3. The molecule has 114 valence electrons. The van der Waals surface area contributed by atoms with Gasteiger partial charge in [0.05, 0.1) is 5.69 Å². The average molecular weight is 308 g/mol. The van der Waals surface area contributed by atoms with Crippen LogP contribution in [0.3, 0.4) is 0 Å². The molecule has 3 heterocycles. The second-order valence-electron chi connectivity index (χ2n) is 4.92. The lowest BCUT2D eigenvalue weighted by Crippen LogP contribution is -2.12. The van der Waals surface area contributed by atoms with Crippen molar-refractivity contribution >= 4 is 11.6 Å². The number of H-pyrrole nitrogens is 1. The lowest BCUT2D eigenvalue weighted by molar-refractivity contribution is 0.102. The summed E-state index contributed by atoms with van der Waals surface area (Å²) in [5, 5.41) is 9.68. The molecule has 7 heteroatoms. The van der Waals surface area contributed by atoms with Crippen molar-refractivity contribution in [2.24, 2.45) is 0 Å². The van der Waals surface area contributed by atoms with Crippen LogP contribution in [0.1, 0.15) is 10.5 Å². The van der Waals surface area contributed by atoms with Crippen molar-refractivity contribution in [3.05, 3.63) is 54.5 Å². The fourth-order valence-electron chi connectivity index (χ4n) is 2.28. The first-order valence-corrected chi connectivity index (χ1v) is 6.96. The maximum absolute atomic E-state index is 12.3. The Morgan fingerprint density at radius 1 is 1.09 bits per heavy atom. The van der Waals surface area contributed by atoms with Gasteiger partial charge in [-0.25, -0.2) is 0 Å². The molecule has 4 rings (SSSR count). The molecule has 0 saturated heterocycles. The van der Waals surface area contributed by atoms with Gasteiger partial charge in [-0.05, 0) is 30.3 Å². The van der Waals surface area contributed by atoms with Crippen LogP contribution in [0.15, 0.2) is 48.8 Å². The summed E-state index contributed by atoms with van der Waals surface area (Å²) in [5.74, 6) is 1.01. The molecular weight excluding hydrogens is 296 g/mol. The minimum absolute atomic E-state index is 0.197. The van der Waals surface area contributed by atoms with E-state index >= 15 is 0 Å². The number of ether oxygens (including phenoxy) is 2. The van der Waals surface area contributed by atoms with Gasteiger partial charge in [0.2, 0.25) is 6.79 Å². The van der Waals surface area contributed by atoms with Crippen molar-refractivity contribution in [2.45, 2.75) is 0 Å². The van der Waals surface area contributed by atoms with Gasteiger partial charge in [0, 0.05) is 29.7 Å². The predicted octanol–water partition coefficient (Wildman–Crippen LogP) is 2.45. The number of amides is 1. The predicted molar refractivity (Wildman–Crippen MR) is 82.3 cm³/mol. The molecule has 0 fully saturated rings. The Hall–Kier alpha value is -3.35. The Kier molecular flexibility index (Phi) is 3.16. The number of aromatic nitrogens is 3. The Labute approximate surface area is 131 Å². The standard InChI is InChI=1S/C16H12N4O3/c21-16(18-11-1-2-14-15(7-11)23-9-22-14)13-8-12(19-20-13)10-3-5-17-6-4-10/h1-8H,9H2,(H,18,21)(H,19,20). The number of fused-ring (bicyclic) bond motifs is 1. The number of pyridine rings is 1. The van der Waals surface area contributed by atoms with E-state index in [4.69, 9.17) is 9.47 Å². The van der Waals surface area contributed by atoms with Crippen molar-refractivity contribution < 1.29 is 14.3 Å². The van der Waals surface area contributed by atoms with E-state index in [-0.39, 0.29) is 12.7 Å². The van der Waals surface area contributed by atoms with Gasteiger partial charge in [-0.15, -0.1) is 0 Å². The normalized spacial score (nSPS) is 12.2. The molecule has 0 radical (unpaired) electrons. The van der Waals surface area contributed by atoms with Crippen LogP contribution in [0.2, 0.25) is 0 Å². The van der Waals surface area contributed by atoms with Gasteiger partial charge >= 0.3 is 0 Å². The van der Waals surface area contributed by atoms with Crippen LogP contribution in [0.25, 0.3) is 11.3 Å². The summed E-state index contributed by atoms with van der Waals surface area (Å²) in [6.45, 7) is 0.197. The van der Waals surface area contributed by atoms with Gasteiger partial charge in [-0.2, -0.15) is 5.10 Å². The molecule has 0 aliphatic carbocycles. The minimum atomic E-state index is -0.281. The first kappa shape index (κ1) is 13.3. The molecule has 2 aromatic heterocycles. The van der Waals surface area contributed by atoms with E-state index in [2.05, 4.69) is 20.5 Å². The molecule has 1 aromatic carbocycles. The van der Waals surface area contributed by atoms with E-state index in [0.29, 0.717) is 28.6 Å². The summed E-state index contributed by atoms with van der Waals surface area (Å²) in [6, 6.07) is 10.6. The molecule has 0 saturated carbocycles. The second-order valence-corrected chi connectivity index (χ2v) is 4.92. The third-order valence-electron chi connectivity index (χ3n) is 3.43. The third-order valence-corrected chi connectivity index (χ3v) is 3.43. The quantitative estimate of drug-likeness (QED) is 0.776. The molecule has 1 amide bonds. The summed E-state index contributed by atoms with van der Waals surface area (Å²) < 4.78 is 10.5. The minimum Gasteiger partial charge on any atom is -0.454 e. The Bertz CT molecular complexity index is 861. The van der Waals surface area contributed by atoms with E-state index in [0.717, 1.165) is 5.56 Å². The van der Waals surface area contributed by atoms with Gasteiger partial charge in [0.15, 0.2) is 11.5 Å². The average Bonchev–Trinajstić information content (AvgIpc) is 3.24. The highest BCUT2D eigenvalue weighted by Crippen LogP contribution is 2.34. The molecule has 7 nitrogen and oxygen atoms in total. The molecule has 0 bridgehead atoms. The zero-order valence-corrected chi connectivity index (χ0v) is 11.9. The van der Waals surface area contributed by atoms with Crippen LogP contribution in [0.5, 0.6) is 11.5 Å². The van der Waals surface area contributed by atoms with Gasteiger partial charge in [0.25, 0.3) is 5.91 Å². The zero-order valence-electron chi connectivity index (χ0n) is 11.9. The molecule has 0 atom stereocenters. The summed E-state index contributed by atoms with van der Waals surface area (Å²) in [7, 11) is 0. The van der Waals surface area contributed by atoms with Gasteiger partial charge in [0.1, 0.15) is 5.69 Å². The molecule has 3 aromatic rings. The highest BCUT2D eigenvalue weighted by Gasteiger charge is 2.16. The number of anilines is 1. The number of aromatic amines is 1. The highest BCUT2D eigenvalue weighted by molar-refractivity contribution is 6.03. The van der Waals surface area contributed by atoms with E-state index in [1.54, 1.807) is 36.7 Å². The summed E-state index contributed by atoms with van der Waals surface area (Å²) in [5.41, 5.74) is 2.57. The Morgan fingerprint density at radius 3 is 2.78 bits per heavy atom. The molecule has 1 aliphatic rings. The zero-order chi connectivity index (χ0) is 15.6. The number of rotatable bonds is 3. The van der Waals surface area contributed by atoms with Crippen molar-refractivity contribution in [2.75, 3.05) is 12.1 Å². The number of nitrogens with one attached hydrogen (secondary N) is 2. The van der Waals surface area contributed by atoms with Crippen LogP contribution in [-0.2, 0) is 0 Å². The van der Waals surface area contributed by atoms with Crippen LogP contribution < -0.4 is 14.8 Å². The number of carbonyl (C=O) groups is 1. The van der Waals surface area contributed by atoms with Crippen LogP contribution in [0.4, 0.5) is 5.69 Å². The van der Waals surface area contributed by atoms with Crippen molar-refractivity contribution in [3.63, 3.8) is 0 Å². The maximum Gasteiger partial charge on any atom is 0.273 e. The topological polar surface area (TPSA) is 89.1 Å². The summed E-state index contributed by atoms with van der Waals surface area (Å²) in [4.78, 5) is 16.2. The molecule has 0 unspecified atom stereocenters. The summed E-state index contributed by atoms with van der Waals surface area (Å²) in [6.07, 6.45) is 3.35. The summed E-state index contributed by atoms with van der Waals surface area (Å²) >= 11 is 0. The van der Waals surface area contributed by atoms with E-state index in [9.17, 15) is 4.79 Å². The van der Waals surface area contributed by atoms with Gasteiger partial charge in [-0.1, -0.05) is 0 Å². The lowest BCUT2D eigenvalue weighted by atomic mass is 10.2. The van der Waals surface area contributed by atoms with Crippen LogP contribution >= 0.6 is 0 Å². The van der Waals surface area contributed by atoms with Crippen molar-refractivity contribution in [1.82, 2.24) is 15.2 Å². The largest absolute Gasteiger partial charge is 0.454 e. The van der Waals surface area contributed by atoms with Crippen molar-refractivity contribution in [3.8, 4) is 22.8 Å². The maximum atomic E-state index is 12.3. The Balaban J connectivity index is 1.52. The fraction of sp³-hybridized carbons (Fsp3) is 0.0625. The third kappa shape index (κ3) is 2.59. The molecule has 23 heavy (non-hydrogen) atoms. The number of hydrogen-bond acceptors (Lipinski definition) is 5. The molecule has 2 N–H and O–H groups in total. The molecule has 1 aliphatic heterocycles. The van der Waals surface area contributed by atoms with E-state index in [1.807, 2.05) is 12.1 Å². The number of hydrogen-bond donors (Lipinski definition) is 2. The van der Waals surface area contributed by atoms with Crippen LogP contribution in [-0.4, -0.2) is 27.9 Å². The van der Waals surface area contributed by atoms with Crippen LogP contribution in [0, 0.1) is 0 Å². The SMILES string of the molecule is O=C(Nc1ccc2c(c1)OCO2)c1cc(-c2ccncc2)n[nH]1. The molecule has 0 spiro atoms. The van der Waals surface area contributed by atoms with Gasteiger partial charge in [-0.3, -0.25) is 14.9 Å². The smallest absolute Gasteiger partial charge is 0.273 e. The van der Waals surface area contributed by atoms with Crippen molar-refractivity contribution in [1.29, 1.82) is 0 Å². The Morgan fingerprint density at radius 2 is 1.91 bits per heavy atom. The highest BCUT2D eigenvalue weighted by atomic mass is 16.7. The van der Waals surface area contributed by atoms with Gasteiger partial charge < -0.3 is 14.8 Å². The number of nitrogens with zero attached hydrogens (tertiary/aromatic N) is 2. The number of benzene rings is 1.